The van der Waals surface area contributed by atoms with Crippen LogP contribution in [0.5, 0.6) is 0 Å². The highest BCUT2D eigenvalue weighted by Gasteiger charge is 2.16. The van der Waals surface area contributed by atoms with Crippen LogP contribution in [0.3, 0.4) is 0 Å². The Hall–Kier alpha value is -5.23. The van der Waals surface area contributed by atoms with Gasteiger partial charge in [-0.3, -0.25) is 14.7 Å². The molecule has 6 rings (SSSR count). The molecule has 0 spiro atoms. The van der Waals surface area contributed by atoms with Crippen molar-refractivity contribution in [2.75, 3.05) is 17.8 Å². The van der Waals surface area contributed by atoms with E-state index in [0.29, 0.717) is 42.5 Å². The number of aliphatic hydroxyl groups excluding tert-OH is 1. The number of sulfonamides is 1. The smallest absolute Gasteiger partial charge is 0.261 e. The van der Waals surface area contributed by atoms with Crippen LogP contribution in [-0.2, 0) is 22.9 Å². The van der Waals surface area contributed by atoms with Gasteiger partial charge in [-0.25, -0.2) is 8.42 Å². The number of anilines is 1. The highest BCUT2D eigenvalue weighted by Crippen LogP contribution is 2.23. The predicted octanol–water partition coefficient (Wildman–Crippen LogP) is 5.45. The summed E-state index contributed by atoms with van der Waals surface area (Å²) in [6.45, 7) is 1.08. The van der Waals surface area contributed by atoms with E-state index in [-0.39, 0.29) is 4.90 Å². The zero-order valence-corrected chi connectivity index (χ0v) is 25.6. The molecule has 10 nitrogen and oxygen atoms in total. The molecule has 11 heteroatoms. The van der Waals surface area contributed by atoms with Crippen molar-refractivity contribution < 1.29 is 18.0 Å². The molecule has 0 fully saturated rings. The van der Waals surface area contributed by atoms with E-state index in [2.05, 4.69) is 30.1 Å². The summed E-state index contributed by atoms with van der Waals surface area (Å²) < 4.78 is 34.2. The van der Waals surface area contributed by atoms with Gasteiger partial charge >= 0.3 is 0 Å². The standard InChI is InChI=1S/C35H32N6O4S/c42-33(29-4-3-19-36-23-29)24-37-21-18-25-8-14-30(15-9-25)41-46(43,44)31-16-12-28(13-17-31)35-39-34(45-40-35)22-26-6-10-27(11-7-26)32-5-1-2-20-38-32/h1-17,19-20,23,33,37,41-42H,18,21-22,24H2. The molecule has 0 radical (unpaired) electrons. The number of hydrogen-bond donors (Lipinski definition) is 3. The Kier molecular flexibility index (Phi) is 9.54. The van der Waals surface area contributed by atoms with E-state index < -0.39 is 16.1 Å². The van der Waals surface area contributed by atoms with Gasteiger partial charge in [0.1, 0.15) is 0 Å². The molecular weight excluding hydrogens is 600 g/mol. The van der Waals surface area contributed by atoms with Gasteiger partial charge in [0.25, 0.3) is 10.0 Å². The van der Waals surface area contributed by atoms with Crippen molar-refractivity contribution in [1.29, 1.82) is 0 Å². The van der Waals surface area contributed by atoms with E-state index in [9.17, 15) is 13.5 Å². The monoisotopic (exact) mass is 632 g/mol. The number of aliphatic hydroxyl groups is 1. The number of hydrogen-bond acceptors (Lipinski definition) is 9. The van der Waals surface area contributed by atoms with E-state index in [1.807, 2.05) is 60.7 Å². The third-order valence-electron chi connectivity index (χ3n) is 7.36. The molecule has 0 aliphatic heterocycles. The normalized spacial score (nSPS) is 12.1. The molecule has 46 heavy (non-hydrogen) atoms. The van der Waals surface area contributed by atoms with E-state index in [0.717, 1.165) is 34.4 Å². The quantitative estimate of drug-likeness (QED) is 0.142. The van der Waals surface area contributed by atoms with Gasteiger partial charge in [0.2, 0.25) is 11.7 Å². The Morgan fingerprint density at radius 1 is 0.804 bits per heavy atom. The van der Waals surface area contributed by atoms with E-state index >= 15 is 0 Å². The molecular formula is C35H32N6O4S. The van der Waals surface area contributed by atoms with E-state index in [1.54, 1.807) is 48.9 Å². The summed E-state index contributed by atoms with van der Waals surface area (Å²) in [4.78, 5) is 13.0. The topological polar surface area (TPSA) is 143 Å². The first kappa shape index (κ1) is 30.8. The van der Waals surface area contributed by atoms with Crippen LogP contribution in [0.4, 0.5) is 5.69 Å². The van der Waals surface area contributed by atoms with E-state index in [4.69, 9.17) is 4.52 Å². The van der Waals surface area contributed by atoms with Crippen LogP contribution in [0.1, 0.15) is 28.7 Å². The Bertz CT molecular complexity index is 1950. The zero-order valence-electron chi connectivity index (χ0n) is 24.8. The number of nitrogens with one attached hydrogen (secondary N) is 2. The van der Waals surface area contributed by atoms with Crippen molar-refractivity contribution in [3.05, 3.63) is 144 Å². The largest absolute Gasteiger partial charge is 0.387 e. The first-order chi connectivity index (χ1) is 22.4. The van der Waals surface area contributed by atoms with Crippen LogP contribution < -0.4 is 10.0 Å². The summed E-state index contributed by atoms with van der Waals surface area (Å²) >= 11 is 0. The highest BCUT2D eigenvalue weighted by atomic mass is 32.2. The minimum Gasteiger partial charge on any atom is -0.387 e. The van der Waals surface area contributed by atoms with Gasteiger partial charge in [-0.1, -0.05) is 53.7 Å². The fraction of sp³-hybridized carbons (Fsp3) is 0.143. The van der Waals surface area contributed by atoms with Crippen molar-refractivity contribution in [3.8, 4) is 22.6 Å². The Morgan fingerprint density at radius 2 is 1.57 bits per heavy atom. The minimum atomic E-state index is -3.81. The zero-order chi connectivity index (χ0) is 31.8. The maximum absolute atomic E-state index is 13.0. The van der Waals surface area contributed by atoms with Gasteiger partial charge in [-0.2, -0.15) is 4.98 Å². The second-order valence-electron chi connectivity index (χ2n) is 10.7. The maximum Gasteiger partial charge on any atom is 0.261 e. The average Bonchev–Trinajstić information content (AvgIpc) is 3.57. The summed E-state index contributed by atoms with van der Waals surface area (Å²) in [5.74, 6) is 0.842. The number of rotatable bonds is 13. The molecule has 1 atom stereocenters. The molecule has 3 aromatic heterocycles. The molecule has 1 unspecified atom stereocenters. The van der Waals surface area contributed by atoms with Crippen LogP contribution in [0.2, 0.25) is 0 Å². The summed E-state index contributed by atoms with van der Waals surface area (Å²) in [6, 6.07) is 31.0. The van der Waals surface area contributed by atoms with Crippen LogP contribution in [-0.4, -0.2) is 46.7 Å². The van der Waals surface area contributed by atoms with Crippen LogP contribution in [0.15, 0.2) is 131 Å². The average molecular weight is 633 g/mol. The van der Waals surface area contributed by atoms with Gasteiger partial charge < -0.3 is 14.9 Å². The summed E-state index contributed by atoms with van der Waals surface area (Å²) in [7, 11) is -3.81. The van der Waals surface area contributed by atoms with Crippen LogP contribution in [0, 0.1) is 0 Å². The summed E-state index contributed by atoms with van der Waals surface area (Å²) in [5.41, 5.74) is 5.86. The first-order valence-electron chi connectivity index (χ1n) is 14.8. The Balaban J connectivity index is 1.00. The Morgan fingerprint density at radius 3 is 2.28 bits per heavy atom. The lowest BCUT2D eigenvalue weighted by Gasteiger charge is -2.12. The molecule has 0 amide bonds. The molecule has 0 aliphatic rings. The molecule has 3 heterocycles. The van der Waals surface area contributed by atoms with Crippen molar-refractivity contribution in [2.45, 2.75) is 23.8 Å². The predicted molar refractivity (Wildman–Crippen MR) is 175 cm³/mol. The first-order valence-corrected chi connectivity index (χ1v) is 16.3. The Labute approximate surface area is 267 Å². The van der Waals surface area contributed by atoms with Gasteiger partial charge in [0.15, 0.2) is 0 Å². The lowest BCUT2D eigenvalue weighted by atomic mass is 10.1. The van der Waals surface area contributed by atoms with Gasteiger partial charge in [-0.15, -0.1) is 0 Å². The second kappa shape index (κ2) is 14.2. The molecule has 0 aliphatic carbocycles. The van der Waals surface area contributed by atoms with Crippen molar-refractivity contribution in [1.82, 2.24) is 25.4 Å². The SMILES string of the molecule is O=S(=O)(Nc1ccc(CCNCC(O)c2cccnc2)cc1)c1ccc(-c2noc(Cc3ccc(-c4ccccn4)cc3)n2)cc1. The summed E-state index contributed by atoms with van der Waals surface area (Å²) in [5, 5.41) is 17.6. The third kappa shape index (κ3) is 7.88. The lowest BCUT2D eigenvalue weighted by Crippen LogP contribution is -2.23. The second-order valence-corrected chi connectivity index (χ2v) is 12.4. The lowest BCUT2D eigenvalue weighted by molar-refractivity contribution is 0.174. The minimum absolute atomic E-state index is 0.119. The van der Waals surface area contributed by atoms with Crippen LogP contribution >= 0.6 is 0 Å². The molecule has 232 valence electrons. The highest BCUT2D eigenvalue weighted by molar-refractivity contribution is 7.92. The molecule has 6 aromatic rings. The molecule has 0 bridgehead atoms. The molecule has 3 N–H and O–H groups in total. The molecule has 0 saturated carbocycles. The number of pyridine rings is 2. The van der Waals surface area contributed by atoms with Crippen molar-refractivity contribution >= 4 is 15.7 Å². The van der Waals surface area contributed by atoms with Crippen molar-refractivity contribution in [3.63, 3.8) is 0 Å². The molecule has 0 saturated heterocycles. The fourth-order valence-corrected chi connectivity index (χ4v) is 5.90. The van der Waals surface area contributed by atoms with Crippen molar-refractivity contribution in [2.24, 2.45) is 0 Å². The number of aromatic nitrogens is 4. The van der Waals surface area contributed by atoms with E-state index in [1.165, 1.54) is 12.1 Å². The molecule has 3 aromatic carbocycles. The third-order valence-corrected chi connectivity index (χ3v) is 8.76. The number of benzene rings is 3. The summed E-state index contributed by atoms with van der Waals surface area (Å²) in [6.07, 6.45) is 5.65. The van der Waals surface area contributed by atoms with Gasteiger partial charge in [0, 0.05) is 47.5 Å². The maximum atomic E-state index is 13.0. The van der Waals surface area contributed by atoms with Crippen LogP contribution in [0.25, 0.3) is 22.6 Å². The van der Waals surface area contributed by atoms with Gasteiger partial charge in [0.05, 0.1) is 23.1 Å². The fourth-order valence-electron chi connectivity index (χ4n) is 4.84. The van der Waals surface area contributed by atoms with Gasteiger partial charge in [-0.05, 0) is 78.7 Å². The number of nitrogens with zero attached hydrogens (tertiary/aromatic N) is 4.